The number of ether oxygens (including phenoxy) is 1. The Morgan fingerprint density at radius 2 is 1.60 bits per heavy atom. The van der Waals surface area contributed by atoms with Crippen LogP contribution in [0.1, 0.15) is 35.3 Å². The number of benzene rings is 2. The predicted octanol–water partition coefficient (Wildman–Crippen LogP) is 3.40. The van der Waals surface area contributed by atoms with E-state index in [1.807, 2.05) is 24.3 Å². The van der Waals surface area contributed by atoms with Crippen molar-refractivity contribution in [1.82, 2.24) is 10.3 Å². The highest BCUT2D eigenvalue weighted by Crippen LogP contribution is 2.44. The third-order valence-corrected chi connectivity index (χ3v) is 5.41. The number of carbonyl (C=O) groups is 1. The first-order valence-corrected chi connectivity index (χ1v) is 10.0. The maximum absolute atomic E-state index is 12.2. The fourth-order valence-electron chi connectivity index (χ4n) is 3.88. The SMILES string of the molecule is O=C(NCCC(O)C(O)c1ccccn1)OCC1c2ccccc2-c2ccccc21. The summed E-state index contributed by atoms with van der Waals surface area (Å²) in [7, 11) is 0. The summed E-state index contributed by atoms with van der Waals surface area (Å²) in [5.74, 6) is -0.000262. The van der Waals surface area contributed by atoms with E-state index in [1.165, 1.54) is 11.1 Å². The Morgan fingerprint density at radius 3 is 2.23 bits per heavy atom. The van der Waals surface area contributed by atoms with Crippen LogP contribution in [-0.2, 0) is 4.74 Å². The molecule has 0 saturated heterocycles. The Hall–Kier alpha value is -3.22. The number of rotatable bonds is 7. The number of aliphatic hydroxyl groups is 2. The van der Waals surface area contributed by atoms with Crippen LogP contribution in [0.5, 0.6) is 0 Å². The molecule has 1 aromatic heterocycles. The predicted molar refractivity (Wildman–Crippen MR) is 113 cm³/mol. The molecule has 2 unspecified atom stereocenters. The van der Waals surface area contributed by atoms with E-state index in [-0.39, 0.29) is 25.5 Å². The molecule has 4 rings (SSSR count). The molecule has 2 aromatic carbocycles. The number of pyridine rings is 1. The maximum Gasteiger partial charge on any atom is 0.407 e. The lowest BCUT2D eigenvalue weighted by Crippen LogP contribution is -2.30. The van der Waals surface area contributed by atoms with Gasteiger partial charge in [-0.05, 0) is 40.8 Å². The molecular weight excluding hydrogens is 380 g/mol. The van der Waals surface area contributed by atoms with Gasteiger partial charge >= 0.3 is 6.09 Å². The summed E-state index contributed by atoms with van der Waals surface area (Å²) < 4.78 is 5.46. The molecule has 0 fully saturated rings. The van der Waals surface area contributed by atoms with E-state index in [0.717, 1.165) is 11.1 Å². The number of amides is 1. The molecule has 154 valence electrons. The molecule has 3 aromatic rings. The van der Waals surface area contributed by atoms with Gasteiger partial charge in [-0.25, -0.2) is 4.79 Å². The van der Waals surface area contributed by atoms with E-state index >= 15 is 0 Å². The van der Waals surface area contributed by atoms with Crippen molar-refractivity contribution < 1.29 is 19.7 Å². The summed E-state index contributed by atoms with van der Waals surface area (Å²) in [6, 6.07) is 21.4. The molecule has 1 aliphatic rings. The van der Waals surface area contributed by atoms with Crippen LogP contribution in [0.15, 0.2) is 72.9 Å². The van der Waals surface area contributed by atoms with Crippen LogP contribution >= 0.6 is 0 Å². The number of fused-ring (bicyclic) bond motifs is 3. The van der Waals surface area contributed by atoms with E-state index in [1.54, 1.807) is 24.4 Å². The second-order valence-corrected chi connectivity index (χ2v) is 7.31. The van der Waals surface area contributed by atoms with E-state index < -0.39 is 18.3 Å². The van der Waals surface area contributed by atoms with Gasteiger partial charge in [-0.2, -0.15) is 0 Å². The van der Waals surface area contributed by atoms with E-state index in [0.29, 0.717) is 5.69 Å². The van der Waals surface area contributed by atoms with Crippen molar-refractivity contribution in [1.29, 1.82) is 0 Å². The number of aromatic nitrogens is 1. The smallest absolute Gasteiger partial charge is 0.407 e. The van der Waals surface area contributed by atoms with Crippen molar-refractivity contribution in [2.75, 3.05) is 13.2 Å². The third kappa shape index (κ3) is 4.20. The zero-order valence-corrected chi connectivity index (χ0v) is 16.4. The molecule has 6 heteroatoms. The lowest BCUT2D eigenvalue weighted by molar-refractivity contribution is 0.0112. The number of nitrogens with one attached hydrogen (secondary N) is 1. The minimum atomic E-state index is -1.10. The van der Waals surface area contributed by atoms with Gasteiger partial charge in [-0.3, -0.25) is 4.98 Å². The standard InChI is InChI=1S/C24H24N2O4/c27-22(23(28)21-11-5-6-13-25-21)12-14-26-24(29)30-15-20-18-9-3-1-7-16(18)17-8-2-4-10-19(17)20/h1-11,13,20,22-23,27-28H,12,14-15H2,(H,26,29). The van der Waals surface area contributed by atoms with Gasteiger partial charge in [0, 0.05) is 18.7 Å². The highest BCUT2D eigenvalue weighted by atomic mass is 16.5. The van der Waals surface area contributed by atoms with Gasteiger partial charge in [0.05, 0.1) is 11.8 Å². The molecule has 6 nitrogen and oxygen atoms in total. The summed E-state index contributed by atoms with van der Waals surface area (Å²) in [5, 5.41) is 22.9. The zero-order valence-electron chi connectivity index (χ0n) is 16.4. The Kier molecular flexibility index (Phi) is 6.07. The second kappa shape index (κ2) is 9.07. The normalized spacial score (nSPS) is 14.5. The van der Waals surface area contributed by atoms with Crippen molar-refractivity contribution in [3.05, 3.63) is 89.7 Å². The minimum absolute atomic E-state index is 0.000262. The summed E-state index contributed by atoms with van der Waals surface area (Å²) in [4.78, 5) is 16.2. The third-order valence-electron chi connectivity index (χ3n) is 5.41. The first kappa shape index (κ1) is 20.1. The monoisotopic (exact) mass is 404 g/mol. The molecule has 2 atom stereocenters. The topological polar surface area (TPSA) is 91.7 Å². The van der Waals surface area contributed by atoms with Crippen molar-refractivity contribution >= 4 is 6.09 Å². The summed E-state index contributed by atoms with van der Waals surface area (Å²) in [5.41, 5.74) is 5.05. The van der Waals surface area contributed by atoms with Gasteiger partial charge in [0.1, 0.15) is 12.7 Å². The number of carbonyl (C=O) groups excluding carboxylic acids is 1. The van der Waals surface area contributed by atoms with Gasteiger partial charge in [0.15, 0.2) is 0 Å². The Balaban J connectivity index is 1.28. The Labute approximate surface area is 175 Å². The number of hydrogen-bond acceptors (Lipinski definition) is 5. The van der Waals surface area contributed by atoms with Crippen LogP contribution in [-0.4, -0.2) is 40.5 Å². The van der Waals surface area contributed by atoms with E-state index in [4.69, 9.17) is 4.74 Å². The molecule has 30 heavy (non-hydrogen) atoms. The average Bonchev–Trinajstić information content (AvgIpc) is 3.11. The number of hydrogen-bond donors (Lipinski definition) is 3. The molecule has 0 bridgehead atoms. The quantitative estimate of drug-likeness (QED) is 0.561. The number of alkyl carbamates (subject to hydrolysis) is 1. The van der Waals surface area contributed by atoms with Crippen molar-refractivity contribution in [2.45, 2.75) is 24.5 Å². The van der Waals surface area contributed by atoms with Crippen LogP contribution in [0.25, 0.3) is 11.1 Å². The summed E-state index contributed by atoms with van der Waals surface area (Å²) in [6.45, 7) is 0.417. The molecule has 1 heterocycles. The highest BCUT2D eigenvalue weighted by molar-refractivity contribution is 5.79. The van der Waals surface area contributed by atoms with Gasteiger partial charge < -0.3 is 20.3 Å². The lowest BCUT2D eigenvalue weighted by Gasteiger charge is -2.18. The van der Waals surface area contributed by atoms with Crippen LogP contribution in [0.2, 0.25) is 0 Å². The summed E-state index contributed by atoms with van der Waals surface area (Å²) >= 11 is 0. The molecule has 0 aliphatic heterocycles. The van der Waals surface area contributed by atoms with E-state index in [9.17, 15) is 15.0 Å². The summed E-state index contributed by atoms with van der Waals surface area (Å²) in [6.07, 6.45) is -0.942. The van der Waals surface area contributed by atoms with Crippen LogP contribution in [0, 0.1) is 0 Å². The first-order valence-electron chi connectivity index (χ1n) is 10.0. The van der Waals surface area contributed by atoms with E-state index in [2.05, 4.69) is 34.6 Å². The second-order valence-electron chi connectivity index (χ2n) is 7.31. The maximum atomic E-state index is 12.2. The van der Waals surface area contributed by atoms with Gasteiger partial charge in [-0.15, -0.1) is 0 Å². The molecule has 1 amide bonds. The lowest BCUT2D eigenvalue weighted by atomic mass is 9.98. The molecule has 1 aliphatic carbocycles. The highest BCUT2D eigenvalue weighted by Gasteiger charge is 2.29. The zero-order chi connectivity index (χ0) is 20.9. The fraction of sp³-hybridized carbons (Fsp3) is 0.250. The number of aliphatic hydroxyl groups excluding tert-OH is 2. The molecule has 0 spiro atoms. The fourth-order valence-corrected chi connectivity index (χ4v) is 3.88. The molecule has 3 N–H and O–H groups in total. The number of nitrogens with zero attached hydrogens (tertiary/aromatic N) is 1. The van der Waals surface area contributed by atoms with Crippen molar-refractivity contribution in [2.24, 2.45) is 0 Å². The van der Waals surface area contributed by atoms with Gasteiger partial charge in [-0.1, -0.05) is 54.6 Å². The Bertz CT molecular complexity index is 963. The van der Waals surface area contributed by atoms with Gasteiger partial charge in [0.2, 0.25) is 0 Å². The average molecular weight is 404 g/mol. The molecule has 0 saturated carbocycles. The largest absolute Gasteiger partial charge is 0.449 e. The minimum Gasteiger partial charge on any atom is -0.449 e. The Morgan fingerprint density at radius 1 is 0.967 bits per heavy atom. The van der Waals surface area contributed by atoms with Crippen LogP contribution in [0.3, 0.4) is 0 Å². The van der Waals surface area contributed by atoms with Gasteiger partial charge in [0.25, 0.3) is 0 Å². The van der Waals surface area contributed by atoms with Crippen molar-refractivity contribution in [3.8, 4) is 11.1 Å². The van der Waals surface area contributed by atoms with Crippen molar-refractivity contribution in [3.63, 3.8) is 0 Å². The van der Waals surface area contributed by atoms with Crippen LogP contribution in [0.4, 0.5) is 4.79 Å². The molecular formula is C24H24N2O4. The van der Waals surface area contributed by atoms with Crippen LogP contribution < -0.4 is 5.32 Å². The first-order chi connectivity index (χ1) is 14.6. The molecule has 0 radical (unpaired) electrons.